The Morgan fingerprint density at radius 3 is 2.94 bits per heavy atom. The van der Waals surface area contributed by atoms with Crippen LogP contribution in [0.2, 0.25) is 0 Å². The number of nitrogens with zero attached hydrogens (tertiary/aromatic N) is 2. The summed E-state index contributed by atoms with van der Waals surface area (Å²) in [7, 11) is 0. The van der Waals surface area contributed by atoms with E-state index >= 15 is 0 Å². The molecule has 0 fully saturated rings. The van der Waals surface area contributed by atoms with E-state index in [0.717, 1.165) is 16.7 Å². The zero-order valence-electron chi connectivity index (χ0n) is 10.0. The van der Waals surface area contributed by atoms with Gasteiger partial charge in [-0.15, -0.1) is 0 Å². The molecule has 0 bridgehead atoms. The number of hydrogen-bond acceptors (Lipinski definition) is 2. The summed E-state index contributed by atoms with van der Waals surface area (Å²) in [6.45, 7) is 5.23. The van der Waals surface area contributed by atoms with Crippen molar-refractivity contribution < 1.29 is 0 Å². The number of nitrogens with one attached hydrogen (secondary N) is 1. The van der Waals surface area contributed by atoms with Gasteiger partial charge >= 0.3 is 0 Å². The number of hydrogen-bond donors (Lipinski definition) is 1. The van der Waals surface area contributed by atoms with Crippen molar-refractivity contribution in [2.75, 3.05) is 6.54 Å². The molecule has 0 amide bonds. The highest BCUT2D eigenvalue weighted by Gasteiger charge is 2.11. The minimum atomic E-state index is 0.302. The van der Waals surface area contributed by atoms with Gasteiger partial charge in [0.25, 0.3) is 0 Å². The highest BCUT2D eigenvalue weighted by molar-refractivity contribution is 9.10. The lowest BCUT2D eigenvalue weighted by molar-refractivity contribution is 0.593. The molecule has 1 heterocycles. The van der Waals surface area contributed by atoms with Gasteiger partial charge in [-0.3, -0.25) is 0 Å². The van der Waals surface area contributed by atoms with Gasteiger partial charge in [0.05, 0.1) is 5.69 Å². The first-order valence-electron chi connectivity index (χ1n) is 5.75. The summed E-state index contributed by atoms with van der Waals surface area (Å²) in [5.74, 6) is 0. The molecule has 0 saturated heterocycles. The number of aromatic nitrogens is 2. The standard InChI is InChI=1S/C13H16BrN3/c1-3-15-10(2)12-9-11(14)5-6-13(12)17-8-4-7-16-17/h4-10,15H,3H2,1-2H3. The van der Waals surface area contributed by atoms with Crippen LogP contribution in [0.4, 0.5) is 0 Å². The van der Waals surface area contributed by atoms with E-state index in [4.69, 9.17) is 0 Å². The van der Waals surface area contributed by atoms with Crippen molar-refractivity contribution in [1.82, 2.24) is 15.1 Å². The van der Waals surface area contributed by atoms with Gasteiger partial charge in [0.1, 0.15) is 0 Å². The second-order valence-electron chi connectivity index (χ2n) is 3.93. The second kappa shape index (κ2) is 5.47. The predicted octanol–water partition coefficient (Wildman–Crippen LogP) is 3.31. The average Bonchev–Trinajstić information content (AvgIpc) is 2.82. The lowest BCUT2D eigenvalue weighted by Gasteiger charge is -2.17. The minimum Gasteiger partial charge on any atom is -0.310 e. The lowest BCUT2D eigenvalue weighted by atomic mass is 10.1. The van der Waals surface area contributed by atoms with E-state index in [9.17, 15) is 0 Å². The third-order valence-electron chi connectivity index (χ3n) is 2.72. The molecule has 17 heavy (non-hydrogen) atoms. The van der Waals surface area contributed by atoms with Crippen molar-refractivity contribution in [1.29, 1.82) is 0 Å². The molecule has 1 aromatic carbocycles. The molecule has 0 aliphatic heterocycles. The van der Waals surface area contributed by atoms with Gasteiger partial charge in [-0.05, 0) is 43.3 Å². The highest BCUT2D eigenvalue weighted by Crippen LogP contribution is 2.25. The summed E-state index contributed by atoms with van der Waals surface area (Å²) in [6.07, 6.45) is 3.76. The summed E-state index contributed by atoms with van der Waals surface area (Å²) >= 11 is 3.52. The van der Waals surface area contributed by atoms with Gasteiger partial charge in [0.2, 0.25) is 0 Å². The molecule has 1 atom stereocenters. The Hall–Kier alpha value is -1.13. The van der Waals surface area contributed by atoms with Crippen LogP contribution >= 0.6 is 15.9 Å². The Bertz CT molecular complexity index is 479. The van der Waals surface area contributed by atoms with Gasteiger partial charge in [0, 0.05) is 22.9 Å². The van der Waals surface area contributed by atoms with Crippen LogP contribution < -0.4 is 5.32 Å². The smallest absolute Gasteiger partial charge is 0.0694 e. The van der Waals surface area contributed by atoms with E-state index < -0.39 is 0 Å². The molecule has 2 rings (SSSR count). The minimum absolute atomic E-state index is 0.302. The first kappa shape index (κ1) is 12.3. The molecule has 1 aromatic heterocycles. The molecular formula is C13H16BrN3. The summed E-state index contributed by atoms with van der Waals surface area (Å²) in [5.41, 5.74) is 2.36. The van der Waals surface area contributed by atoms with Gasteiger partial charge in [-0.1, -0.05) is 22.9 Å². The van der Waals surface area contributed by atoms with Crippen molar-refractivity contribution in [3.8, 4) is 5.69 Å². The first-order valence-corrected chi connectivity index (χ1v) is 6.54. The van der Waals surface area contributed by atoms with Crippen LogP contribution in [0.5, 0.6) is 0 Å². The maximum Gasteiger partial charge on any atom is 0.0694 e. The fourth-order valence-electron chi connectivity index (χ4n) is 1.91. The van der Waals surface area contributed by atoms with E-state index in [2.05, 4.69) is 52.3 Å². The molecule has 0 radical (unpaired) electrons. The van der Waals surface area contributed by atoms with E-state index in [1.807, 2.05) is 23.0 Å². The molecule has 0 aliphatic rings. The largest absolute Gasteiger partial charge is 0.310 e. The maximum atomic E-state index is 4.29. The number of benzene rings is 1. The molecule has 0 saturated carbocycles. The topological polar surface area (TPSA) is 29.9 Å². The normalized spacial score (nSPS) is 12.6. The molecular weight excluding hydrogens is 278 g/mol. The quantitative estimate of drug-likeness (QED) is 0.937. The van der Waals surface area contributed by atoms with Crippen LogP contribution in [0.3, 0.4) is 0 Å². The third kappa shape index (κ3) is 2.76. The van der Waals surface area contributed by atoms with Crippen molar-refractivity contribution >= 4 is 15.9 Å². The van der Waals surface area contributed by atoms with Gasteiger partial charge in [0.15, 0.2) is 0 Å². The van der Waals surface area contributed by atoms with Gasteiger partial charge in [-0.2, -0.15) is 5.10 Å². The number of halogens is 1. The molecule has 0 spiro atoms. The second-order valence-corrected chi connectivity index (χ2v) is 4.85. The lowest BCUT2D eigenvalue weighted by Crippen LogP contribution is -2.19. The Balaban J connectivity index is 2.44. The monoisotopic (exact) mass is 293 g/mol. The van der Waals surface area contributed by atoms with Crippen molar-refractivity contribution in [2.45, 2.75) is 19.9 Å². The molecule has 2 aromatic rings. The molecule has 1 unspecified atom stereocenters. The van der Waals surface area contributed by atoms with Crippen molar-refractivity contribution in [3.05, 3.63) is 46.7 Å². The fraction of sp³-hybridized carbons (Fsp3) is 0.308. The zero-order chi connectivity index (χ0) is 12.3. The van der Waals surface area contributed by atoms with Crippen molar-refractivity contribution in [3.63, 3.8) is 0 Å². The predicted molar refractivity (Wildman–Crippen MR) is 73.4 cm³/mol. The van der Waals surface area contributed by atoms with Crippen LogP contribution in [-0.4, -0.2) is 16.3 Å². The van der Waals surface area contributed by atoms with E-state index in [1.54, 1.807) is 6.20 Å². The molecule has 3 nitrogen and oxygen atoms in total. The average molecular weight is 294 g/mol. The summed E-state index contributed by atoms with van der Waals surface area (Å²) in [6, 6.07) is 8.50. The van der Waals surface area contributed by atoms with Gasteiger partial charge < -0.3 is 5.32 Å². The molecule has 1 N–H and O–H groups in total. The highest BCUT2D eigenvalue weighted by atomic mass is 79.9. The SMILES string of the molecule is CCNC(C)c1cc(Br)ccc1-n1cccn1. The molecule has 4 heteroatoms. The Kier molecular flexibility index (Phi) is 3.97. The molecule has 90 valence electrons. The van der Waals surface area contributed by atoms with Crippen LogP contribution in [0, 0.1) is 0 Å². The fourth-order valence-corrected chi connectivity index (χ4v) is 2.29. The maximum absolute atomic E-state index is 4.29. The van der Waals surface area contributed by atoms with Gasteiger partial charge in [-0.25, -0.2) is 4.68 Å². The van der Waals surface area contributed by atoms with E-state index in [0.29, 0.717) is 6.04 Å². The first-order chi connectivity index (χ1) is 8.22. The summed E-state index contributed by atoms with van der Waals surface area (Å²) in [5, 5.41) is 7.72. The Labute approximate surface area is 110 Å². The zero-order valence-corrected chi connectivity index (χ0v) is 11.6. The van der Waals surface area contributed by atoms with E-state index in [1.165, 1.54) is 5.56 Å². The third-order valence-corrected chi connectivity index (χ3v) is 3.21. The van der Waals surface area contributed by atoms with Crippen LogP contribution in [0.25, 0.3) is 5.69 Å². The van der Waals surface area contributed by atoms with E-state index in [-0.39, 0.29) is 0 Å². The summed E-state index contributed by atoms with van der Waals surface area (Å²) in [4.78, 5) is 0. The van der Waals surface area contributed by atoms with Crippen molar-refractivity contribution in [2.24, 2.45) is 0 Å². The summed E-state index contributed by atoms with van der Waals surface area (Å²) < 4.78 is 2.99. The van der Waals surface area contributed by atoms with Crippen LogP contribution in [0.1, 0.15) is 25.5 Å². The molecule has 0 aliphatic carbocycles. The number of rotatable bonds is 4. The van der Waals surface area contributed by atoms with Crippen LogP contribution in [0.15, 0.2) is 41.1 Å². The Morgan fingerprint density at radius 1 is 1.47 bits per heavy atom. The van der Waals surface area contributed by atoms with Crippen LogP contribution in [-0.2, 0) is 0 Å². The Morgan fingerprint density at radius 2 is 2.29 bits per heavy atom.